The Labute approximate surface area is 172 Å². The van der Waals surface area contributed by atoms with Gasteiger partial charge in [0.15, 0.2) is 20.5 Å². The van der Waals surface area contributed by atoms with Crippen LogP contribution in [0.5, 0.6) is 0 Å². The highest BCUT2D eigenvalue weighted by Gasteiger charge is 2.51. The largest absolute Gasteiger partial charge is 0.467 e. The molecule has 2 aromatic carbocycles. The van der Waals surface area contributed by atoms with Crippen LogP contribution < -0.4 is 0 Å². The Morgan fingerprint density at radius 3 is 2.00 bits per heavy atom. The first kappa shape index (κ1) is 21.1. The number of carbonyl (C=O) groups excluding carboxylic acids is 2. The van der Waals surface area contributed by atoms with Crippen LogP contribution in [0.4, 0.5) is 4.79 Å². The van der Waals surface area contributed by atoms with Crippen molar-refractivity contribution in [2.75, 3.05) is 13.7 Å². The van der Waals surface area contributed by atoms with E-state index in [0.717, 1.165) is 11.1 Å². The molecule has 0 bridgehead atoms. The molecule has 0 aliphatic carbocycles. The molecule has 0 N–H and O–H groups in total. The minimum atomic E-state index is -1.86. The highest BCUT2D eigenvalue weighted by molar-refractivity contribution is 6.69. The molecule has 154 valence electrons. The third-order valence-corrected chi connectivity index (χ3v) is 5.78. The third kappa shape index (κ3) is 4.86. The Balaban J connectivity index is 2.03. The first-order chi connectivity index (χ1) is 13.8. The summed E-state index contributed by atoms with van der Waals surface area (Å²) in [5, 5.41) is 0. The second kappa shape index (κ2) is 8.80. The van der Waals surface area contributed by atoms with Gasteiger partial charge in [0.05, 0.1) is 19.8 Å². The van der Waals surface area contributed by atoms with Crippen molar-refractivity contribution in [3.05, 3.63) is 71.8 Å². The Hall–Kier alpha value is -2.64. The molecule has 0 saturated carbocycles. The molecule has 0 spiro atoms. The van der Waals surface area contributed by atoms with Crippen molar-refractivity contribution in [2.45, 2.75) is 37.8 Å². The molecule has 6 nitrogen and oxygen atoms in total. The highest BCUT2D eigenvalue weighted by atomic mass is 28.4. The van der Waals surface area contributed by atoms with Gasteiger partial charge in [-0.2, -0.15) is 0 Å². The van der Waals surface area contributed by atoms with Crippen molar-refractivity contribution in [3.8, 4) is 0 Å². The van der Waals surface area contributed by atoms with Crippen molar-refractivity contribution >= 4 is 20.4 Å². The maximum absolute atomic E-state index is 13.0. The minimum absolute atomic E-state index is 0.161. The lowest BCUT2D eigenvalue weighted by atomic mass is 9.95. The van der Waals surface area contributed by atoms with Crippen LogP contribution in [0, 0.1) is 0 Å². The summed E-state index contributed by atoms with van der Waals surface area (Å²) in [5.74, 6) is -0.517. The zero-order valence-electron chi connectivity index (χ0n) is 17.2. The molecular weight excluding hydrogens is 386 g/mol. The Kier molecular flexibility index (Phi) is 6.39. The van der Waals surface area contributed by atoms with Crippen LogP contribution >= 0.6 is 0 Å². The number of methoxy groups -OCH3 is 1. The number of esters is 1. The molecule has 1 saturated heterocycles. The zero-order chi connectivity index (χ0) is 21.0. The lowest BCUT2D eigenvalue weighted by Crippen LogP contribution is -2.47. The van der Waals surface area contributed by atoms with Gasteiger partial charge in [-0.15, -0.1) is 0 Å². The predicted octanol–water partition coefficient (Wildman–Crippen LogP) is 3.99. The van der Waals surface area contributed by atoms with Gasteiger partial charge in [-0.25, -0.2) is 9.59 Å². The third-order valence-electron chi connectivity index (χ3n) is 4.75. The van der Waals surface area contributed by atoms with Gasteiger partial charge < -0.3 is 13.9 Å². The van der Waals surface area contributed by atoms with E-state index < -0.39 is 38.6 Å². The van der Waals surface area contributed by atoms with E-state index in [1.54, 1.807) is 0 Å². The number of benzene rings is 2. The molecule has 2 atom stereocenters. The molecule has 7 heteroatoms. The topological polar surface area (TPSA) is 65.1 Å². The Morgan fingerprint density at radius 1 is 1.03 bits per heavy atom. The van der Waals surface area contributed by atoms with Gasteiger partial charge in [-0.1, -0.05) is 60.7 Å². The first-order valence-corrected chi connectivity index (χ1v) is 13.0. The summed E-state index contributed by atoms with van der Waals surface area (Å²) in [4.78, 5) is 27.2. The fourth-order valence-corrected chi connectivity index (χ4v) is 4.11. The average molecular weight is 414 g/mol. The van der Waals surface area contributed by atoms with Crippen LogP contribution in [0.3, 0.4) is 0 Å². The summed E-state index contributed by atoms with van der Waals surface area (Å²) in [6, 6.07) is 17.8. The van der Waals surface area contributed by atoms with Gasteiger partial charge in [0.1, 0.15) is 0 Å². The molecule has 0 radical (unpaired) electrons. The number of hydrogen-bond acceptors (Lipinski definition) is 5. The molecule has 0 aromatic heterocycles. The summed E-state index contributed by atoms with van der Waals surface area (Å²) in [6.07, 6.45) is -1.28. The number of ether oxygens (including phenoxy) is 2. The van der Waals surface area contributed by atoms with Crippen molar-refractivity contribution in [3.63, 3.8) is 0 Å². The minimum Gasteiger partial charge on any atom is -0.467 e. The van der Waals surface area contributed by atoms with Crippen LogP contribution in [0.25, 0.3) is 0 Å². The lowest BCUT2D eigenvalue weighted by Gasteiger charge is -2.31. The van der Waals surface area contributed by atoms with E-state index in [2.05, 4.69) is 0 Å². The van der Waals surface area contributed by atoms with Crippen molar-refractivity contribution in [1.29, 1.82) is 0 Å². The summed E-state index contributed by atoms with van der Waals surface area (Å²) in [6.45, 7) is 6.30. The number of nitrogens with zero attached hydrogens (tertiary/aromatic N) is 1. The van der Waals surface area contributed by atoms with Gasteiger partial charge in [-0.05, 0) is 30.8 Å². The Bertz CT molecular complexity index is 798. The van der Waals surface area contributed by atoms with Crippen LogP contribution in [-0.4, -0.2) is 51.1 Å². The lowest BCUT2D eigenvalue weighted by molar-refractivity contribution is -0.147. The van der Waals surface area contributed by atoms with E-state index in [1.807, 2.05) is 80.3 Å². The Morgan fingerprint density at radius 2 is 1.55 bits per heavy atom. The van der Waals surface area contributed by atoms with Crippen molar-refractivity contribution < 1.29 is 23.5 Å². The molecular formula is C22H27NO5Si. The number of hydrogen-bond donors (Lipinski definition) is 0. The molecule has 1 amide bonds. The smallest absolute Gasteiger partial charge is 0.411 e. The van der Waals surface area contributed by atoms with Crippen LogP contribution in [-0.2, 0) is 18.7 Å². The first-order valence-electron chi connectivity index (χ1n) is 9.62. The van der Waals surface area contributed by atoms with E-state index >= 15 is 0 Å². The van der Waals surface area contributed by atoms with Gasteiger partial charge in [0.2, 0.25) is 0 Å². The summed E-state index contributed by atoms with van der Waals surface area (Å²) < 4.78 is 16.6. The van der Waals surface area contributed by atoms with Gasteiger partial charge in [0.25, 0.3) is 0 Å². The van der Waals surface area contributed by atoms with E-state index in [4.69, 9.17) is 13.9 Å². The fourth-order valence-electron chi connectivity index (χ4n) is 3.44. The summed E-state index contributed by atoms with van der Waals surface area (Å²) in [5.41, 5.74) is 1.77. The second-order valence-corrected chi connectivity index (χ2v) is 12.5. The zero-order valence-corrected chi connectivity index (χ0v) is 18.2. The maximum atomic E-state index is 13.0. The summed E-state index contributed by atoms with van der Waals surface area (Å²) >= 11 is 0. The molecule has 3 rings (SSSR count). The summed E-state index contributed by atoms with van der Waals surface area (Å²) in [7, 11) is -0.541. The van der Waals surface area contributed by atoms with E-state index in [-0.39, 0.29) is 6.61 Å². The number of amides is 1. The molecule has 2 aromatic rings. The quantitative estimate of drug-likeness (QED) is 0.507. The monoisotopic (exact) mass is 413 g/mol. The maximum Gasteiger partial charge on any atom is 0.411 e. The SMILES string of the molecule is COC(=O)C1C(CO[Si](C)(C)C)OC(=O)N1C(c1ccccc1)c1ccccc1. The van der Waals surface area contributed by atoms with Gasteiger partial charge in [0, 0.05) is 0 Å². The van der Waals surface area contributed by atoms with E-state index in [9.17, 15) is 9.59 Å². The standard InChI is InChI=1S/C22H27NO5Si/c1-26-21(24)20-18(15-27-29(2,3)4)28-22(25)23(20)19(16-11-7-5-8-12-16)17-13-9-6-10-14-17/h5-14,18-20H,15H2,1-4H3. The van der Waals surface area contributed by atoms with Crippen molar-refractivity contribution in [1.82, 2.24) is 4.90 Å². The number of rotatable bonds is 7. The molecule has 29 heavy (non-hydrogen) atoms. The van der Waals surface area contributed by atoms with E-state index in [0.29, 0.717) is 0 Å². The molecule has 1 heterocycles. The average Bonchev–Trinajstić information content (AvgIpc) is 3.03. The molecule has 1 fully saturated rings. The normalized spacial score (nSPS) is 19.3. The van der Waals surface area contributed by atoms with Crippen LogP contribution in [0.1, 0.15) is 17.2 Å². The fraction of sp³-hybridized carbons (Fsp3) is 0.364. The molecule has 2 unspecified atom stereocenters. The molecule has 1 aliphatic heterocycles. The number of carbonyl (C=O) groups is 2. The van der Waals surface area contributed by atoms with E-state index in [1.165, 1.54) is 12.0 Å². The van der Waals surface area contributed by atoms with Gasteiger partial charge >= 0.3 is 12.1 Å². The predicted molar refractivity (Wildman–Crippen MR) is 112 cm³/mol. The van der Waals surface area contributed by atoms with Gasteiger partial charge in [-0.3, -0.25) is 4.90 Å². The molecule has 1 aliphatic rings. The van der Waals surface area contributed by atoms with Crippen LogP contribution in [0.15, 0.2) is 60.7 Å². The van der Waals surface area contributed by atoms with Crippen LogP contribution in [0.2, 0.25) is 19.6 Å². The number of cyclic esters (lactones) is 1. The van der Waals surface area contributed by atoms with Crippen molar-refractivity contribution in [2.24, 2.45) is 0 Å². The highest BCUT2D eigenvalue weighted by Crippen LogP contribution is 2.36. The second-order valence-electron chi connectivity index (χ2n) is 7.94.